The lowest BCUT2D eigenvalue weighted by Gasteiger charge is -2.23. The van der Waals surface area contributed by atoms with E-state index in [1.54, 1.807) is 6.92 Å². The minimum absolute atomic E-state index is 0.0434. The largest absolute Gasteiger partial charge is 0.334 e. The van der Waals surface area contributed by atoms with Crippen molar-refractivity contribution in [3.63, 3.8) is 0 Å². The fraction of sp³-hybridized carbons (Fsp3) is 0.615. The topological polar surface area (TPSA) is 50.3 Å². The Bertz CT molecular complexity index is 481. The predicted molar refractivity (Wildman–Crippen MR) is 70.9 cm³/mol. The number of amides is 1. The molecular weight excluding hydrogens is 248 g/mol. The molecule has 1 aliphatic heterocycles. The molecule has 1 amide bonds. The molecule has 0 N–H and O–H groups in total. The lowest BCUT2D eigenvalue weighted by atomic mass is 10.1. The second-order valence-electron chi connectivity index (χ2n) is 4.85. The van der Waals surface area contributed by atoms with E-state index in [-0.39, 0.29) is 17.7 Å². The van der Waals surface area contributed by atoms with E-state index >= 15 is 0 Å². The van der Waals surface area contributed by atoms with E-state index < -0.39 is 0 Å². The zero-order valence-corrected chi connectivity index (χ0v) is 11.8. The Morgan fingerprint density at radius 2 is 2.17 bits per heavy atom. The highest BCUT2D eigenvalue weighted by atomic mass is 32.1. The summed E-state index contributed by atoms with van der Waals surface area (Å²) in [5, 5.41) is 0.915. The average molecular weight is 266 g/mol. The molecule has 0 spiro atoms. The summed E-state index contributed by atoms with van der Waals surface area (Å²) < 4.78 is 0. The van der Waals surface area contributed by atoms with Crippen molar-refractivity contribution in [1.29, 1.82) is 0 Å². The van der Waals surface area contributed by atoms with Gasteiger partial charge in [0.1, 0.15) is 10.7 Å². The Labute approximate surface area is 111 Å². The summed E-state index contributed by atoms with van der Waals surface area (Å²) in [4.78, 5) is 30.6. The van der Waals surface area contributed by atoms with Crippen LogP contribution in [0.4, 0.5) is 0 Å². The van der Waals surface area contributed by atoms with Gasteiger partial charge in [-0.1, -0.05) is 0 Å². The zero-order chi connectivity index (χ0) is 13.3. The Balaban J connectivity index is 2.17. The molecule has 2 heterocycles. The number of aryl methyl sites for hydroxylation is 2. The van der Waals surface area contributed by atoms with Crippen LogP contribution in [0.2, 0.25) is 0 Å². The maximum absolute atomic E-state index is 12.5. The first-order valence-electron chi connectivity index (χ1n) is 6.23. The van der Waals surface area contributed by atoms with Crippen LogP contribution in [-0.4, -0.2) is 34.2 Å². The van der Waals surface area contributed by atoms with Crippen LogP contribution in [0.15, 0.2) is 0 Å². The van der Waals surface area contributed by atoms with Gasteiger partial charge < -0.3 is 4.90 Å². The van der Waals surface area contributed by atoms with E-state index in [1.807, 2.05) is 18.7 Å². The lowest BCUT2D eigenvalue weighted by Crippen LogP contribution is -2.36. The van der Waals surface area contributed by atoms with Crippen molar-refractivity contribution < 1.29 is 9.59 Å². The third-order valence-corrected chi connectivity index (χ3v) is 4.32. The van der Waals surface area contributed by atoms with Gasteiger partial charge in [-0.3, -0.25) is 9.59 Å². The average Bonchev–Trinajstić information content (AvgIpc) is 2.83. The lowest BCUT2D eigenvalue weighted by molar-refractivity contribution is -0.117. The molecule has 4 nitrogen and oxygen atoms in total. The normalized spacial score (nSPS) is 19.3. The summed E-state index contributed by atoms with van der Waals surface area (Å²) in [5.74, 6) is 0.193. The standard InChI is InChI=1S/C13H18N2O2S/c1-8(16)7-11-5-4-6-15(11)13(17)12-9(2)14-10(3)18-12/h11H,4-7H2,1-3H3. The van der Waals surface area contributed by atoms with Gasteiger partial charge in [0, 0.05) is 19.0 Å². The van der Waals surface area contributed by atoms with E-state index in [1.165, 1.54) is 11.3 Å². The monoisotopic (exact) mass is 266 g/mol. The van der Waals surface area contributed by atoms with Gasteiger partial charge in [0.05, 0.1) is 10.7 Å². The molecule has 5 heteroatoms. The third-order valence-electron chi connectivity index (χ3n) is 3.26. The quantitative estimate of drug-likeness (QED) is 0.843. The van der Waals surface area contributed by atoms with Crippen molar-refractivity contribution in [3.8, 4) is 0 Å². The van der Waals surface area contributed by atoms with Gasteiger partial charge in [-0.2, -0.15) is 0 Å². The fourth-order valence-corrected chi connectivity index (χ4v) is 3.38. The molecule has 1 atom stereocenters. The molecule has 1 aliphatic rings. The van der Waals surface area contributed by atoms with E-state index in [9.17, 15) is 9.59 Å². The first-order valence-corrected chi connectivity index (χ1v) is 7.05. The zero-order valence-electron chi connectivity index (χ0n) is 11.0. The van der Waals surface area contributed by atoms with Crippen molar-refractivity contribution in [2.75, 3.05) is 6.54 Å². The van der Waals surface area contributed by atoms with Gasteiger partial charge in [-0.25, -0.2) is 4.98 Å². The molecule has 0 bridgehead atoms. The molecule has 0 saturated carbocycles. The Morgan fingerprint density at radius 1 is 1.44 bits per heavy atom. The Kier molecular flexibility index (Phi) is 3.80. The van der Waals surface area contributed by atoms with Crippen LogP contribution in [0, 0.1) is 13.8 Å². The molecule has 2 rings (SSSR count). The second kappa shape index (κ2) is 5.18. The smallest absolute Gasteiger partial charge is 0.266 e. The number of carbonyl (C=O) groups is 2. The summed E-state index contributed by atoms with van der Waals surface area (Å²) in [6.07, 6.45) is 2.39. The van der Waals surface area contributed by atoms with Crippen LogP contribution >= 0.6 is 11.3 Å². The van der Waals surface area contributed by atoms with Gasteiger partial charge in [0.25, 0.3) is 5.91 Å². The summed E-state index contributed by atoms with van der Waals surface area (Å²) in [6.45, 7) is 6.12. The highest BCUT2D eigenvalue weighted by Gasteiger charge is 2.31. The summed E-state index contributed by atoms with van der Waals surface area (Å²) in [5.41, 5.74) is 0.802. The third kappa shape index (κ3) is 2.61. The number of thiazole rings is 1. The van der Waals surface area contributed by atoms with Crippen LogP contribution < -0.4 is 0 Å². The number of nitrogens with zero attached hydrogens (tertiary/aromatic N) is 2. The maximum Gasteiger partial charge on any atom is 0.266 e. The van der Waals surface area contributed by atoms with E-state index in [2.05, 4.69) is 4.98 Å². The fourth-order valence-electron chi connectivity index (χ4n) is 2.51. The SMILES string of the molecule is CC(=O)CC1CCCN1C(=O)c1sc(C)nc1C. The molecule has 1 unspecified atom stereocenters. The molecule has 1 aromatic rings. The molecule has 98 valence electrons. The number of carbonyl (C=O) groups excluding carboxylic acids is 2. The minimum atomic E-state index is 0.0434. The van der Waals surface area contributed by atoms with Crippen LogP contribution in [0.1, 0.15) is 46.6 Å². The van der Waals surface area contributed by atoms with E-state index in [0.717, 1.165) is 35.0 Å². The number of rotatable bonds is 3. The molecule has 18 heavy (non-hydrogen) atoms. The van der Waals surface area contributed by atoms with E-state index in [0.29, 0.717) is 6.42 Å². The summed E-state index contributed by atoms with van der Waals surface area (Å²) >= 11 is 1.44. The van der Waals surface area contributed by atoms with Crippen LogP contribution in [0.5, 0.6) is 0 Å². The minimum Gasteiger partial charge on any atom is -0.334 e. The Hall–Kier alpha value is -1.23. The number of Topliss-reactive ketones (excluding diaryl/α,β-unsaturated/α-hetero) is 1. The van der Waals surface area contributed by atoms with Crippen molar-refractivity contribution in [2.45, 2.75) is 46.1 Å². The number of ketones is 1. The van der Waals surface area contributed by atoms with Crippen molar-refractivity contribution >= 4 is 23.0 Å². The Morgan fingerprint density at radius 3 is 2.72 bits per heavy atom. The van der Waals surface area contributed by atoms with Crippen molar-refractivity contribution in [3.05, 3.63) is 15.6 Å². The maximum atomic E-state index is 12.5. The van der Waals surface area contributed by atoms with Gasteiger partial charge in [0.2, 0.25) is 0 Å². The first kappa shape index (κ1) is 13.2. The molecule has 1 saturated heterocycles. The molecule has 1 fully saturated rings. The predicted octanol–water partition coefficient (Wildman–Crippen LogP) is 2.34. The molecule has 0 aromatic carbocycles. The second-order valence-corrected chi connectivity index (χ2v) is 6.05. The van der Waals surface area contributed by atoms with Gasteiger partial charge in [-0.15, -0.1) is 11.3 Å². The number of hydrogen-bond donors (Lipinski definition) is 0. The van der Waals surface area contributed by atoms with Crippen LogP contribution in [-0.2, 0) is 4.79 Å². The summed E-state index contributed by atoms with van der Waals surface area (Å²) in [6, 6.07) is 0.0804. The van der Waals surface area contributed by atoms with Crippen molar-refractivity contribution in [2.24, 2.45) is 0 Å². The molecule has 0 aliphatic carbocycles. The number of likely N-dealkylation sites (tertiary alicyclic amines) is 1. The molecule has 0 radical (unpaired) electrons. The summed E-state index contributed by atoms with van der Waals surface area (Å²) in [7, 11) is 0. The van der Waals surface area contributed by atoms with Gasteiger partial charge >= 0.3 is 0 Å². The molecular formula is C13H18N2O2S. The van der Waals surface area contributed by atoms with Gasteiger partial charge in [0.15, 0.2) is 0 Å². The molecule has 1 aromatic heterocycles. The number of hydrogen-bond acceptors (Lipinski definition) is 4. The highest BCUT2D eigenvalue weighted by molar-refractivity contribution is 7.13. The number of aromatic nitrogens is 1. The van der Waals surface area contributed by atoms with Gasteiger partial charge in [-0.05, 0) is 33.6 Å². The van der Waals surface area contributed by atoms with E-state index in [4.69, 9.17) is 0 Å². The highest BCUT2D eigenvalue weighted by Crippen LogP contribution is 2.26. The first-order chi connectivity index (χ1) is 8.49. The van der Waals surface area contributed by atoms with Crippen molar-refractivity contribution in [1.82, 2.24) is 9.88 Å². The van der Waals surface area contributed by atoms with Crippen LogP contribution in [0.25, 0.3) is 0 Å². The van der Waals surface area contributed by atoms with Crippen LogP contribution in [0.3, 0.4) is 0 Å².